The predicted molar refractivity (Wildman–Crippen MR) is 133 cm³/mol. The average molecular weight is 549 g/mol. The van der Waals surface area contributed by atoms with Gasteiger partial charge in [0.05, 0.1) is 38.5 Å². The van der Waals surface area contributed by atoms with E-state index >= 15 is 0 Å². The van der Waals surface area contributed by atoms with E-state index in [4.69, 9.17) is 16.6 Å². The third-order valence-corrected chi connectivity index (χ3v) is 4.88. The van der Waals surface area contributed by atoms with Crippen LogP contribution < -0.4 is 38.1 Å². The van der Waals surface area contributed by atoms with E-state index in [2.05, 4.69) is 26.6 Å². The maximum atomic E-state index is 12.6. The number of aliphatic carboxylic acids is 1. The quantitative estimate of drug-likeness (QED) is 0.0921. The third-order valence-electron chi connectivity index (χ3n) is 4.88. The van der Waals surface area contributed by atoms with Crippen LogP contribution >= 0.6 is 0 Å². The van der Waals surface area contributed by atoms with Gasteiger partial charge in [-0.3, -0.25) is 38.4 Å². The van der Waals surface area contributed by atoms with Crippen molar-refractivity contribution in [1.82, 2.24) is 26.6 Å². The van der Waals surface area contributed by atoms with Gasteiger partial charge in [-0.15, -0.1) is 0 Å². The summed E-state index contributed by atoms with van der Waals surface area (Å²) in [6.07, 6.45) is 0.241. The molecular weight excluding hydrogens is 518 g/mol. The minimum atomic E-state index is -1.61. The molecule has 1 radical (unpaired) electrons. The average Bonchev–Trinajstić information content (AvgIpc) is 2.89. The van der Waals surface area contributed by atoms with Crippen LogP contribution in [0.5, 0.6) is 0 Å². The van der Waals surface area contributed by atoms with Crippen LogP contribution in [0.4, 0.5) is 0 Å². The number of benzene rings is 1. The van der Waals surface area contributed by atoms with Crippen LogP contribution in [0.25, 0.3) is 0 Å². The molecule has 39 heavy (non-hydrogen) atoms. The first-order chi connectivity index (χ1) is 18.4. The number of nitrogens with two attached hydrogens (primary N) is 2. The summed E-state index contributed by atoms with van der Waals surface area (Å²) in [5.41, 5.74) is 10.9. The van der Waals surface area contributed by atoms with E-state index in [-0.39, 0.29) is 13.0 Å². The first-order valence-corrected chi connectivity index (χ1v) is 11.5. The Labute approximate surface area is 222 Å². The second-order valence-corrected chi connectivity index (χ2v) is 8.08. The molecule has 0 bridgehead atoms. The number of rotatable bonds is 17. The SMILES string of the molecule is NCC(=O)NCC(=O)N[C@@H](CC(N)=O)C(=O)NCC(=O)N[C@@H](CC(=O)O)C(=O)N[C@H]([C]=O)Cc1ccccc1. The molecule has 1 aromatic rings. The molecule has 1 aromatic carbocycles. The van der Waals surface area contributed by atoms with E-state index in [0.717, 1.165) is 0 Å². The van der Waals surface area contributed by atoms with E-state index in [9.17, 15) is 38.4 Å². The molecule has 10 N–H and O–H groups in total. The zero-order chi connectivity index (χ0) is 29.4. The Hall–Kier alpha value is -4.86. The Kier molecular flexibility index (Phi) is 13.9. The summed E-state index contributed by atoms with van der Waals surface area (Å²) in [6, 6.07) is 4.38. The minimum Gasteiger partial charge on any atom is -0.481 e. The van der Waals surface area contributed by atoms with Crippen LogP contribution in [0, 0.1) is 0 Å². The van der Waals surface area contributed by atoms with Crippen molar-refractivity contribution in [2.75, 3.05) is 19.6 Å². The maximum absolute atomic E-state index is 12.6. The lowest BCUT2D eigenvalue weighted by molar-refractivity contribution is -0.140. The zero-order valence-electron chi connectivity index (χ0n) is 20.7. The van der Waals surface area contributed by atoms with Crippen molar-refractivity contribution >= 4 is 47.7 Å². The Balaban J connectivity index is 2.74. The summed E-state index contributed by atoms with van der Waals surface area (Å²) in [7, 11) is 0. The van der Waals surface area contributed by atoms with Crippen LogP contribution in [0.15, 0.2) is 30.3 Å². The number of carbonyl (C=O) groups excluding carboxylic acids is 7. The van der Waals surface area contributed by atoms with Gasteiger partial charge >= 0.3 is 5.97 Å². The number of amides is 6. The number of primary amides is 1. The summed E-state index contributed by atoms with van der Waals surface area (Å²) in [6.45, 7) is -1.70. The normalized spacial score (nSPS) is 12.5. The fourth-order valence-electron chi connectivity index (χ4n) is 3.07. The highest BCUT2D eigenvalue weighted by Gasteiger charge is 2.27. The molecule has 3 atom stereocenters. The first-order valence-electron chi connectivity index (χ1n) is 11.5. The van der Waals surface area contributed by atoms with Crippen molar-refractivity contribution in [1.29, 1.82) is 0 Å². The predicted octanol–water partition coefficient (Wildman–Crippen LogP) is -4.67. The number of nitrogens with one attached hydrogen (secondary N) is 5. The van der Waals surface area contributed by atoms with Gasteiger partial charge in [-0.05, 0) is 5.56 Å². The molecule has 1 rings (SSSR count). The fraction of sp³-hybridized carbons (Fsp3) is 0.391. The van der Waals surface area contributed by atoms with Gasteiger partial charge in [0, 0.05) is 6.42 Å². The summed E-state index contributed by atoms with van der Waals surface area (Å²) >= 11 is 0. The maximum Gasteiger partial charge on any atom is 0.305 e. The van der Waals surface area contributed by atoms with Crippen molar-refractivity contribution in [3.8, 4) is 0 Å². The molecule has 211 valence electrons. The largest absolute Gasteiger partial charge is 0.481 e. The van der Waals surface area contributed by atoms with E-state index in [0.29, 0.717) is 5.56 Å². The highest BCUT2D eigenvalue weighted by atomic mass is 16.4. The van der Waals surface area contributed by atoms with Gasteiger partial charge in [0.2, 0.25) is 41.7 Å². The summed E-state index contributed by atoms with van der Waals surface area (Å²) < 4.78 is 0. The lowest BCUT2D eigenvalue weighted by Gasteiger charge is -2.20. The monoisotopic (exact) mass is 548 g/mol. The van der Waals surface area contributed by atoms with Gasteiger partial charge in [0.1, 0.15) is 12.1 Å². The van der Waals surface area contributed by atoms with Crippen molar-refractivity contribution < 1.29 is 43.5 Å². The van der Waals surface area contributed by atoms with Crippen LogP contribution in [-0.2, 0) is 44.8 Å². The molecule has 0 saturated heterocycles. The number of carboxylic acids is 1. The molecule has 0 saturated carbocycles. The smallest absolute Gasteiger partial charge is 0.305 e. The third kappa shape index (κ3) is 13.3. The first kappa shape index (κ1) is 32.2. The number of carbonyl (C=O) groups is 7. The van der Waals surface area contributed by atoms with Crippen LogP contribution in [-0.4, -0.2) is 90.6 Å². The highest BCUT2D eigenvalue weighted by Crippen LogP contribution is 2.03. The lowest BCUT2D eigenvalue weighted by atomic mass is 10.1. The second kappa shape index (κ2) is 16.8. The van der Waals surface area contributed by atoms with E-state index < -0.39 is 85.5 Å². The molecule has 0 spiro atoms. The minimum absolute atomic E-state index is 0.0722. The van der Waals surface area contributed by atoms with Crippen LogP contribution in [0.1, 0.15) is 18.4 Å². The Morgan fingerprint density at radius 1 is 0.795 bits per heavy atom. The summed E-state index contributed by atoms with van der Waals surface area (Å²) in [5.74, 6) is -6.84. The standard InChI is InChI=1S/C23H30N7O9/c24-9-18(33)26-10-19(34)29-15(7-17(25)32)22(38)27-11-20(35)30-16(8-21(36)37)23(39)28-14(12-31)6-13-4-2-1-3-5-13/h1-5,14-16H,6-11,24H2,(H2,25,32)(H,26,33)(H,27,38)(H,28,39)(H,29,34)(H,30,35)(H,36,37)/t14-,15-,16-/m0/s1. The molecule has 6 amide bonds. The zero-order valence-corrected chi connectivity index (χ0v) is 20.7. The Morgan fingerprint density at radius 3 is 1.87 bits per heavy atom. The van der Waals surface area contributed by atoms with Crippen molar-refractivity contribution in [3.63, 3.8) is 0 Å². The second-order valence-electron chi connectivity index (χ2n) is 8.08. The van der Waals surface area contributed by atoms with Crippen LogP contribution in [0.3, 0.4) is 0 Å². The molecule has 0 fully saturated rings. The molecule has 0 heterocycles. The van der Waals surface area contributed by atoms with Gasteiger partial charge < -0.3 is 43.2 Å². The van der Waals surface area contributed by atoms with Gasteiger partial charge in [-0.25, -0.2) is 0 Å². The molecule has 0 aliphatic carbocycles. The molecule has 0 aliphatic heterocycles. The topological polar surface area (TPSA) is 269 Å². The van der Waals surface area contributed by atoms with E-state index in [1.165, 1.54) is 0 Å². The molecule has 16 nitrogen and oxygen atoms in total. The van der Waals surface area contributed by atoms with Crippen molar-refractivity contribution in [2.45, 2.75) is 37.4 Å². The number of hydrogen-bond donors (Lipinski definition) is 8. The van der Waals surface area contributed by atoms with Gasteiger partial charge in [-0.2, -0.15) is 0 Å². The number of carboxylic acid groups (broad SMARTS) is 1. The Bertz CT molecular complexity index is 1070. The molecule has 0 aromatic heterocycles. The van der Waals surface area contributed by atoms with Gasteiger partial charge in [0.15, 0.2) is 0 Å². The van der Waals surface area contributed by atoms with Crippen molar-refractivity contribution in [3.05, 3.63) is 35.9 Å². The number of hydrogen-bond acceptors (Lipinski definition) is 9. The molecule has 0 aliphatic rings. The van der Waals surface area contributed by atoms with E-state index in [1.807, 2.05) is 0 Å². The van der Waals surface area contributed by atoms with E-state index in [1.54, 1.807) is 36.6 Å². The highest BCUT2D eigenvalue weighted by molar-refractivity contribution is 5.96. The fourth-order valence-corrected chi connectivity index (χ4v) is 3.07. The van der Waals surface area contributed by atoms with Gasteiger partial charge in [-0.1, -0.05) is 30.3 Å². The summed E-state index contributed by atoms with van der Waals surface area (Å²) in [5, 5.41) is 20.0. The Morgan fingerprint density at radius 2 is 1.36 bits per heavy atom. The molecule has 16 heteroatoms. The lowest BCUT2D eigenvalue weighted by Crippen LogP contribution is -2.55. The summed E-state index contributed by atoms with van der Waals surface area (Å²) in [4.78, 5) is 94.3. The van der Waals surface area contributed by atoms with Gasteiger partial charge in [0.25, 0.3) is 0 Å². The molecular formula is C23H30N7O9. The van der Waals surface area contributed by atoms with Crippen molar-refractivity contribution in [2.24, 2.45) is 11.5 Å². The van der Waals surface area contributed by atoms with Crippen LogP contribution in [0.2, 0.25) is 0 Å². The molecule has 0 unspecified atom stereocenters.